The van der Waals surface area contributed by atoms with Crippen molar-refractivity contribution in [1.29, 1.82) is 0 Å². The summed E-state index contributed by atoms with van der Waals surface area (Å²) >= 11 is 0. The number of nitrogens with one attached hydrogen (secondary N) is 1. The van der Waals surface area contributed by atoms with Crippen molar-refractivity contribution in [3.05, 3.63) is 50.8 Å². The smallest absolute Gasteiger partial charge is 0.269 e. The molecule has 1 aromatic carbocycles. The molecule has 1 aromatic heterocycles. The highest BCUT2D eigenvalue weighted by Gasteiger charge is 2.13. The van der Waals surface area contributed by atoms with Crippen LogP contribution in [0.1, 0.15) is 22.5 Å². The first kappa shape index (κ1) is 14.0. The number of hydrazine groups is 1. The first-order chi connectivity index (χ1) is 9.43. The summed E-state index contributed by atoms with van der Waals surface area (Å²) < 4.78 is 1.82. The molecule has 20 heavy (non-hydrogen) atoms. The molecular formula is C13H17N5O2. The number of anilines is 1. The zero-order valence-electron chi connectivity index (χ0n) is 11.7. The van der Waals surface area contributed by atoms with Gasteiger partial charge in [0.2, 0.25) is 0 Å². The first-order valence-electron chi connectivity index (χ1n) is 6.18. The maximum absolute atomic E-state index is 10.9. The van der Waals surface area contributed by atoms with Gasteiger partial charge in [-0.15, -0.1) is 0 Å². The molecule has 0 saturated heterocycles. The minimum absolute atomic E-state index is 0.0391. The molecule has 0 unspecified atom stereocenters. The minimum atomic E-state index is -0.420. The number of nitrogens with two attached hydrogens (primary N) is 1. The van der Waals surface area contributed by atoms with Gasteiger partial charge in [-0.3, -0.25) is 20.6 Å². The van der Waals surface area contributed by atoms with Crippen LogP contribution in [0.25, 0.3) is 0 Å². The average Bonchev–Trinajstić information content (AvgIpc) is 2.66. The van der Waals surface area contributed by atoms with E-state index in [0.717, 1.165) is 22.5 Å². The molecule has 0 radical (unpaired) electrons. The van der Waals surface area contributed by atoms with Crippen molar-refractivity contribution in [2.75, 3.05) is 5.43 Å². The molecule has 0 aliphatic carbocycles. The predicted octanol–water partition coefficient (Wildman–Crippen LogP) is 2.05. The molecule has 0 spiro atoms. The molecule has 0 aliphatic heterocycles. The maximum atomic E-state index is 10.9. The Balaban J connectivity index is 2.43. The van der Waals surface area contributed by atoms with Gasteiger partial charge in [-0.2, -0.15) is 5.10 Å². The van der Waals surface area contributed by atoms with E-state index in [1.807, 2.05) is 25.5 Å². The lowest BCUT2D eigenvalue weighted by molar-refractivity contribution is -0.384. The lowest BCUT2D eigenvalue weighted by Gasteiger charge is -2.10. The van der Waals surface area contributed by atoms with Gasteiger partial charge < -0.3 is 5.43 Å². The fourth-order valence-corrected chi connectivity index (χ4v) is 2.07. The second-order valence-corrected chi connectivity index (χ2v) is 4.70. The second kappa shape index (κ2) is 5.30. The Morgan fingerprint density at radius 1 is 1.40 bits per heavy atom. The van der Waals surface area contributed by atoms with Crippen molar-refractivity contribution in [3.63, 3.8) is 0 Å². The molecule has 2 rings (SSSR count). The number of benzene rings is 1. The van der Waals surface area contributed by atoms with Crippen molar-refractivity contribution in [1.82, 2.24) is 9.78 Å². The lowest BCUT2D eigenvalue weighted by atomic mass is 10.1. The summed E-state index contributed by atoms with van der Waals surface area (Å²) in [6.07, 6.45) is 0. The van der Waals surface area contributed by atoms with E-state index in [9.17, 15) is 10.1 Å². The fourth-order valence-electron chi connectivity index (χ4n) is 2.07. The number of aryl methyl sites for hydroxylation is 1. The Morgan fingerprint density at radius 3 is 2.60 bits per heavy atom. The van der Waals surface area contributed by atoms with Crippen LogP contribution in [-0.2, 0) is 6.54 Å². The van der Waals surface area contributed by atoms with Gasteiger partial charge in [0.05, 0.1) is 22.8 Å². The highest BCUT2D eigenvalue weighted by atomic mass is 16.6. The fraction of sp³-hybridized carbons (Fsp3) is 0.308. The van der Waals surface area contributed by atoms with Crippen LogP contribution in [0.15, 0.2) is 18.2 Å². The van der Waals surface area contributed by atoms with E-state index in [0.29, 0.717) is 12.2 Å². The number of non-ortho nitro benzene ring substituents is 1. The Morgan fingerprint density at radius 2 is 2.10 bits per heavy atom. The minimum Gasteiger partial charge on any atom is -0.324 e. The summed E-state index contributed by atoms with van der Waals surface area (Å²) in [5.74, 6) is 5.45. The monoisotopic (exact) mass is 275 g/mol. The third-order valence-electron chi connectivity index (χ3n) is 3.52. The molecule has 0 amide bonds. The second-order valence-electron chi connectivity index (χ2n) is 4.70. The standard InChI is InChI=1S/C13H17N5O2/c1-8-9(2)16-17(10(8)3)7-11-6-12(18(19)20)4-5-13(11)15-14/h4-6,15H,7,14H2,1-3H3. The van der Waals surface area contributed by atoms with Crippen molar-refractivity contribution < 1.29 is 4.92 Å². The molecule has 0 fully saturated rings. The molecule has 0 saturated carbocycles. The van der Waals surface area contributed by atoms with Crippen LogP contribution in [0, 0.1) is 30.9 Å². The third kappa shape index (κ3) is 2.48. The molecule has 106 valence electrons. The predicted molar refractivity (Wildman–Crippen MR) is 76.4 cm³/mol. The zero-order chi connectivity index (χ0) is 14.9. The van der Waals surface area contributed by atoms with Gasteiger partial charge >= 0.3 is 0 Å². The molecule has 2 aromatic rings. The van der Waals surface area contributed by atoms with E-state index in [4.69, 9.17) is 5.84 Å². The van der Waals surface area contributed by atoms with Gasteiger partial charge in [-0.05, 0) is 32.4 Å². The van der Waals surface area contributed by atoms with Crippen molar-refractivity contribution in [2.45, 2.75) is 27.3 Å². The first-order valence-corrected chi connectivity index (χ1v) is 6.18. The number of hydrogen-bond donors (Lipinski definition) is 2. The number of nitrogens with zero attached hydrogens (tertiary/aromatic N) is 3. The number of hydrogen-bond acceptors (Lipinski definition) is 5. The van der Waals surface area contributed by atoms with Crippen LogP contribution < -0.4 is 11.3 Å². The molecule has 0 bridgehead atoms. The van der Waals surface area contributed by atoms with E-state index in [1.54, 1.807) is 6.07 Å². The number of nitrogen functional groups attached to an aromatic ring is 1. The lowest BCUT2D eigenvalue weighted by Crippen LogP contribution is -2.12. The SMILES string of the molecule is Cc1nn(Cc2cc([N+](=O)[O-])ccc2NN)c(C)c1C. The van der Waals surface area contributed by atoms with Gasteiger partial charge in [0, 0.05) is 23.4 Å². The van der Waals surface area contributed by atoms with Crippen LogP contribution in [0.4, 0.5) is 11.4 Å². The average molecular weight is 275 g/mol. The van der Waals surface area contributed by atoms with Crippen LogP contribution >= 0.6 is 0 Å². The number of nitro benzene ring substituents is 1. The molecule has 0 atom stereocenters. The number of nitro groups is 1. The summed E-state index contributed by atoms with van der Waals surface area (Å²) in [4.78, 5) is 10.4. The topological polar surface area (TPSA) is 99.0 Å². The van der Waals surface area contributed by atoms with Gasteiger partial charge in [0.25, 0.3) is 5.69 Å². The Bertz CT molecular complexity index is 663. The summed E-state index contributed by atoms with van der Waals surface area (Å²) in [6.45, 7) is 6.35. The quantitative estimate of drug-likeness (QED) is 0.505. The normalized spacial score (nSPS) is 10.6. The van der Waals surface area contributed by atoms with Crippen molar-refractivity contribution in [3.8, 4) is 0 Å². The highest BCUT2D eigenvalue weighted by molar-refractivity contribution is 5.55. The Labute approximate surface area is 116 Å². The van der Waals surface area contributed by atoms with Gasteiger partial charge in [-0.1, -0.05) is 0 Å². The molecule has 3 N–H and O–H groups in total. The van der Waals surface area contributed by atoms with Crippen LogP contribution in [0.5, 0.6) is 0 Å². The third-order valence-corrected chi connectivity index (χ3v) is 3.52. The Kier molecular flexibility index (Phi) is 3.71. The number of aromatic nitrogens is 2. The largest absolute Gasteiger partial charge is 0.324 e. The van der Waals surface area contributed by atoms with Crippen molar-refractivity contribution in [2.24, 2.45) is 5.84 Å². The Hall–Kier alpha value is -2.41. The van der Waals surface area contributed by atoms with Crippen molar-refractivity contribution >= 4 is 11.4 Å². The molecular weight excluding hydrogens is 258 g/mol. The van der Waals surface area contributed by atoms with E-state index < -0.39 is 4.92 Å². The molecule has 1 heterocycles. The van der Waals surface area contributed by atoms with E-state index in [1.165, 1.54) is 12.1 Å². The van der Waals surface area contributed by atoms with Gasteiger partial charge in [0.1, 0.15) is 0 Å². The van der Waals surface area contributed by atoms with E-state index in [-0.39, 0.29) is 5.69 Å². The molecule has 7 nitrogen and oxygen atoms in total. The number of rotatable bonds is 4. The zero-order valence-corrected chi connectivity index (χ0v) is 11.7. The summed E-state index contributed by atoms with van der Waals surface area (Å²) in [6, 6.07) is 4.54. The summed E-state index contributed by atoms with van der Waals surface area (Å²) in [5.41, 5.74) is 7.10. The van der Waals surface area contributed by atoms with Gasteiger partial charge in [0.15, 0.2) is 0 Å². The van der Waals surface area contributed by atoms with Crippen LogP contribution in [0.3, 0.4) is 0 Å². The van der Waals surface area contributed by atoms with Gasteiger partial charge in [-0.25, -0.2) is 0 Å². The highest BCUT2D eigenvalue weighted by Crippen LogP contribution is 2.23. The van der Waals surface area contributed by atoms with E-state index in [2.05, 4.69) is 10.5 Å². The maximum Gasteiger partial charge on any atom is 0.269 e. The van der Waals surface area contributed by atoms with Crippen LogP contribution in [-0.4, -0.2) is 14.7 Å². The van der Waals surface area contributed by atoms with Crippen LogP contribution in [0.2, 0.25) is 0 Å². The van der Waals surface area contributed by atoms with E-state index >= 15 is 0 Å². The molecule has 7 heteroatoms. The summed E-state index contributed by atoms with van der Waals surface area (Å²) in [7, 11) is 0. The summed E-state index contributed by atoms with van der Waals surface area (Å²) in [5, 5.41) is 15.3. The molecule has 0 aliphatic rings.